The van der Waals surface area contributed by atoms with Gasteiger partial charge in [0.1, 0.15) is 5.75 Å². The SMILES string of the molecule is O=c1ccc2c([C@@H](O)CN[C@@H]3CCc4ccccc43)ccc(O)c2[nH]1. The average molecular weight is 336 g/mol. The van der Waals surface area contributed by atoms with Gasteiger partial charge in [-0.05, 0) is 41.7 Å². The van der Waals surface area contributed by atoms with Crippen molar-refractivity contribution < 1.29 is 10.2 Å². The number of fused-ring (bicyclic) bond motifs is 2. The quantitative estimate of drug-likeness (QED) is 0.590. The van der Waals surface area contributed by atoms with E-state index in [4.69, 9.17) is 0 Å². The van der Waals surface area contributed by atoms with Gasteiger partial charge in [0.25, 0.3) is 0 Å². The smallest absolute Gasteiger partial charge is 0.248 e. The lowest BCUT2D eigenvalue weighted by Gasteiger charge is -2.19. The lowest BCUT2D eigenvalue weighted by atomic mass is 10.0. The average Bonchev–Trinajstić information content (AvgIpc) is 3.04. The Kier molecular flexibility index (Phi) is 4.03. The highest BCUT2D eigenvalue weighted by Gasteiger charge is 2.23. The molecule has 0 unspecified atom stereocenters. The minimum atomic E-state index is -0.734. The summed E-state index contributed by atoms with van der Waals surface area (Å²) in [4.78, 5) is 14.1. The third-order valence-electron chi connectivity index (χ3n) is 4.96. The molecular formula is C20H20N2O3. The topological polar surface area (TPSA) is 85.3 Å². The largest absolute Gasteiger partial charge is 0.506 e. The van der Waals surface area contributed by atoms with Gasteiger partial charge in [-0.1, -0.05) is 30.3 Å². The van der Waals surface area contributed by atoms with Crippen LogP contribution >= 0.6 is 0 Å². The predicted molar refractivity (Wildman–Crippen MR) is 96.7 cm³/mol. The zero-order valence-electron chi connectivity index (χ0n) is 13.7. The number of aromatic amines is 1. The molecule has 0 aliphatic heterocycles. The summed E-state index contributed by atoms with van der Waals surface area (Å²) in [6.45, 7) is 0.401. The summed E-state index contributed by atoms with van der Waals surface area (Å²) in [5, 5.41) is 24.7. The van der Waals surface area contributed by atoms with Crippen LogP contribution in [0.1, 0.15) is 35.3 Å². The first-order valence-corrected chi connectivity index (χ1v) is 8.47. The fourth-order valence-electron chi connectivity index (χ4n) is 3.68. The molecule has 4 rings (SSSR count). The van der Waals surface area contributed by atoms with Gasteiger partial charge in [-0.25, -0.2) is 0 Å². The third-order valence-corrected chi connectivity index (χ3v) is 4.96. The lowest BCUT2D eigenvalue weighted by molar-refractivity contribution is 0.171. The fraction of sp³-hybridized carbons (Fsp3) is 0.250. The summed E-state index contributed by atoms with van der Waals surface area (Å²) in [5.74, 6) is 0.00123. The van der Waals surface area contributed by atoms with Crippen LogP contribution < -0.4 is 10.9 Å². The molecule has 1 aromatic heterocycles. The Morgan fingerprint density at radius 3 is 2.88 bits per heavy atom. The van der Waals surface area contributed by atoms with E-state index in [9.17, 15) is 15.0 Å². The van der Waals surface area contributed by atoms with Crippen LogP contribution in [0.3, 0.4) is 0 Å². The van der Waals surface area contributed by atoms with Crippen LogP contribution in [0.4, 0.5) is 0 Å². The van der Waals surface area contributed by atoms with Crippen molar-refractivity contribution in [3.63, 3.8) is 0 Å². The molecule has 1 heterocycles. The highest BCUT2D eigenvalue weighted by molar-refractivity contribution is 5.87. The van der Waals surface area contributed by atoms with Gasteiger partial charge in [0.15, 0.2) is 0 Å². The molecule has 0 radical (unpaired) electrons. The van der Waals surface area contributed by atoms with E-state index in [1.165, 1.54) is 23.3 Å². The number of hydrogen-bond donors (Lipinski definition) is 4. The van der Waals surface area contributed by atoms with E-state index in [1.54, 1.807) is 12.1 Å². The monoisotopic (exact) mass is 336 g/mol. The number of H-pyrrole nitrogens is 1. The zero-order chi connectivity index (χ0) is 17.4. The van der Waals surface area contributed by atoms with Crippen LogP contribution in [-0.4, -0.2) is 21.7 Å². The van der Waals surface area contributed by atoms with Crippen molar-refractivity contribution in [1.29, 1.82) is 0 Å². The summed E-state index contributed by atoms with van der Waals surface area (Å²) in [6.07, 6.45) is 1.34. The van der Waals surface area contributed by atoms with Gasteiger partial charge in [-0.15, -0.1) is 0 Å². The molecule has 0 saturated heterocycles. The number of rotatable bonds is 4. The Morgan fingerprint density at radius 2 is 2.00 bits per heavy atom. The molecule has 0 saturated carbocycles. The number of phenolic OH excluding ortho intramolecular Hbond substituents is 1. The highest BCUT2D eigenvalue weighted by atomic mass is 16.3. The highest BCUT2D eigenvalue weighted by Crippen LogP contribution is 2.32. The van der Waals surface area contributed by atoms with Crippen molar-refractivity contribution in [2.45, 2.75) is 25.0 Å². The maximum Gasteiger partial charge on any atom is 0.248 e. The Labute approximate surface area is 145 Å². The van der Waals surface area contributed by atoms with E-state index in [2.05, 4.69) is 28.5 Å². The second-order valence-corrected chi connectivity index (χ2v) is 6.50. The molecule has 0 spiro atoms. The number of aliphatic hydroxyl groups excluding tert-OH is 1. The van der Waals surface area contributed by atoms with Crippen LogP contribution in [0.15, 0.2) is 53.3 Å². The molecule has 2 aromatic carbocycles. The minimum absolute atomic E-state index is 0.00123. The molecule has 5 heteroatoms. The van der Waals surface area contributed by atoms with E-state index < -0.39 is 6.10 Å². The number of aliphatic hydroxyl groups is 1. The summed E-state index contributed by atoms with van der Waals surface area (Å²) < 4.78 is 0. The van der Waals surface area contributed by atoms with Crippen molar-refractivity contribution >= 4 is 10.9 Å². The zero-order valence-corrected chi connectivity index (χ0v) is 13.7. The number of aromatic hydroxyl groups is 1. The normalized spacial score (nSPS) is 17.6. The number of benzene rings is 2. The molecule has 1 aliphatic rings. The van der Waals surface area contributed by atoms with Crippen molar-refractivity contribution in [3.05, 3.63) is 75.6 Å². The van der Waals surface area contributed by atoms with Gasteiger partial charge < -0.3 is 20.5 Å². The van der Waals surface area contributed by atoms with Gasteiger partial charge in [-0.3, -0.25) is 4.79 Å². The van der Waals surface area contributed by atoms with E-state index in [1.807, 2.05) is 6.07 Å². The minimum Gasteiger partial charge on any atom is -0.506 e. The number of aromatic nitrogens is 1. The van der Waals surface area contributed by atoms with E-state index in [0.717, 1.165) is 12.8 Å². The van der Waals surface area contributed by atoms with Crippen LogP contribution in [0.25, 0.3) is 10.9 Å². The predicted octanol–water partition coefficient (Wildman–Crippen LogP) is 2.54. The van der Waals surface area contributed by atoms with Crippen LogP contribution in [0.2, 0.25) is 0 Å². The first kappa shape index (κ1) is 15.9. The molecule has 4 N–H and O–H groups in total. The molecule has 1 aliphatic carbocycles. The third kappa shape index (κ3) is 2.92. The Bertz CT molecular complexity index is 980. The maximum atomic E-state index is 11.5. The van der Waals surface area contributed by atoms with Crippen molar-refractivity contribution in [1.82, 2.24) is 10.3 Å². The van der Waals surface area contributed by atoms with Gasteiger partial charge in [0, 0.05) is 24.0 Å². The van der Waals surface area contributed by atoms with E-state index in [-0.39, 0.29) is 17.4 Å². The molecule has 2 atom stereocenters. The van der Waals surface area contributed by atoms with E-state index >= 15 is 0 Å². The Morgan fingerprint density at radius 1 is 1.16 bits per heavy atom. The van der Waals surface area contributed by atoms with Gasteiger partial charge >= 0.3 is 0 Å². The Balaban J connectivity index is 1.56. The van der Waals surface area contributed by atoms with Gasteiger partial charge in [0.2, 0.25) is 5.56 Å². The van der Waals surface area contributed by atoms with Crippen molar-refractivity contribution in [3.8, 4) is 5.75 Å². The number of hydrogen-bond acceptors (Lipinski definition) is 4. The molecule has 0 fully saturated rings. The first-order chi connectivity index (χ1) is 12.1. The van der Waals surface area contributed by atoms with Crippen LogP contribution in [0, 0.1) is 0 Å². The number of phenols is 1. The maximum absolute atomic E-state index is 11.5. The van der Waals surface area contributed by atoms with Crippen molar-refractivity contribution in [2.75, 3.05) is 6.54 Å². The number of nitrogens with one attached hydrogen (secondary N) is 2. The molecule has 0 amide bonds. The second kappa shape index (κ2) is 6.35. The molecule has 128 valence electrons. The first-order valence-electron chi connectivity index (χ1n) is 8.47. The molecule has 0 bridgehead atoms. The van der Waals surface area contributed by atoms with Crippen molar-refractivity contribution in [2.24, 2.45) is 0 Å². The fourth-order valence-corrected chi connectivity index (χ4v) is 3.68. The molecule has 5 nitrogen and oxygen atoms in total. The summed E-state index contributed by atoms with van der Waals surface area (Å²) in [7, 11) is 0. The second-order valence-electron chi connectivity index (χ2n) is 6.50. The number of pyridine rings is 1. The summed E-state index contributed by atoms with van der Waals surface area (Å²) >= 11 is 0. The summed E-state index contributed by atoms with van der Waals surface area (Å²) in [6, 6.07) is 14.9. The standard InChI is InChI=1S/C20H20N2O3/c23-17-9-6-14(15-7-10-19(25)22-20(15)17)18(24)11-21-16-8-5-12-3-1-2-4-13(12)16/h1-4,6-7,9-10,16,18,21,23-24H,5,8,11H2,(H,22,25)/t16-,18+/m1/s1. The Hall–Kier alpha value is -2.63. The van der Waals surface area contributed by atoms with Crippen LogP contribution in [-0.2, 0) is 6.42 Å². The summed E-state index contributed by atoms with van der Waals surface area (Å²) in [5.41, 5.74) is 3.42. The number of aryl methyl sites for hydroxylation is 1. The molecule has 25 heavy (non-hydrogen) atoms. The lowest BCUT2D eigenvalue weighted by Crippen LogP contribution is -2.25. The van der Waals surface area contributed by atoms with Crippen LogP contribution in [0.5, 0.6) is 5.75 Å². The molecular weight excluding hydrogens is 316 g/mol. The molecule has 3 aromatic rings. The van der Waals surface area contributed by atoms with Gasteiger partial charge in [-0.2, -0.15) is 0 Å². The van der Waals surface area contributed by atoms with Gasteiger partial charge in [0.05, 0.1) is 11.6 Å². The van der Waals surface area contributed by atoms with E-state index in [0.29, 0.717) is 23.0 Å².